The Morgan fingerprint density at radius 3 is 2.94 bits per heavy atom. The molecule has 3 fully saturated rings. The van der Waals surface area contributed by atoms with Gasteiger partial charge in [0, 0.05) is 31.1 Å². The molecule has 0 aromatic carbocycles. The van der Waals surface area contributed by atoms with E-state index in [0.29, 0.717) is 17.9 Å². The Morgan fingerprint density at radius 1 is 1.25 bits per heavy atom. The number of hydrogen-bond acceptors (Lipinski definition) is 7. The summed E-state index contributed by atoms with van der Waals surface area (Å²) < 4.78 is 5.58. The molecule has 4 atom stereocenters. The zero-order chi connectivity index (χ0) is 21.7. The Morgan fingerprint density at radius 2 is 2.12 bits per heavy atom. The molecule has 3 unspecified atom stereocenters. The predicted molar refractivity (Wildman–Crippen MR) is 122 cm³/mol. The number of likely N-dealkylation sites (tertiary alicyclic amines) is 1. The van der Waals surface area contributed by atoms with Gasteiger partial charge in [-0.1, -0.05) is 12.1 Å². The second kappa shape index (κ2) is 8.06. The summed E-state index contributed by atoms with van der Waals surface area (Å²) in [4.78, 5) is 22.6. The molecular weight excluding hydrogens is 404 g/mol. The van der Waals surface area contributed by atoms with Crippen molar-refractivity contribution in [3.63, 3.8) is 0 Å². The summed E-state index contributed by atoms with van der Waals surface area (Å²) in [5.41, 5.74) is 3.15. The summed E-state index contributed by atoms with van der Waals surface area (Å²) in [5.74, 6) is 2.62. The summed E-state index contributed by atoms with van der Waals surface area (Å²) in [6, 6.07) is 6.81. The molecule has 32 heavy (non-hydrogen) atoms. The molecule has 0 spiro atoms. The van der Waals surface area contributed by atoms with Gasteiger partial charge in [0.25, 0.3) is 0 Å². The summed E-state index contributed by atoms with van der Waals surface area (Å²) in [7, 11) is 0. The van der Waals surface area contributed by atoms with Crippen LogP contribution in [0.5, 0.6) is 0 Å². The van der Waals surface area contributed by atoms with Gasteiger partial charge in [0.1, 0.15) is 5.76 Å². The van der Waals surface area contributed by atoms with Crippen LogP contribution in [0.25, 0.3) is 0 Å². The number of fused-ring (bicyclic) bond motifs is 1. The largest absolute Gasteiger partial charge is 0.361 e. The van der Waals surface area contributed by atoms with E-state index in [1.807, 2.05) is 0 Å². The number of rotatable bonds is 5. The molecule has 2 aromatic heterocycles. The van der Waals surface area contributed by atoms with Crippen molar-refractivity contribution in [1.29, 1.82) is 0 Å². The number of nitrogens with one attached hydrogen (secondary N) is 2. The SMILES string of the molecule is CCc1cc(C2CC2N2CNc3nc([C@@H]4NCCCC4C(=O)N4CCCC4)ccc32)on1. The van der Waals surface area contributed by atoms with Crippen LogP contribution in [0.4, 0.5) is 11.5 Å². The molecule has 5 heterocycles. The number of aromatic nitrogens is 2. The van der Waals surface area contributed by atoms with E-state index in [4.69, 9.17) is 9.51 Å². The number of carbonyl (C=O) groups excluding carboxylic acids is 1. The van der Waals surface area contributed by atoms with Crippen molar-refractivity contribution in [2.75, 3.05) is 36.5 Å². The average Bonchev–Trinajstić information content (AvgIpc) is 3.26. The van der Waals surface area contributed by atoms with Crippen LogP contribution >= 0.6 is 0 Å². The lowest BCUT2D eigenvalue weighted by Crippen LogP contribution is -2.44. The number of anilines is 2. The van der Waals surface area contributed by atoms with Crippen molar-refractivity contribution in [3.05, 3.63) is 35.3 Å². The molecule has 3 aliphatic heterocycles. The van der Waals surface area contributed by atoms with Gasteiger partial charge in [-0.25, -0.2) is 4.98 Å². The van der Waals surface area contributed by atoms with Gasteiger partial charge in [0.05, 0.1) is 35.7 Å². The van der Waals surface area contributed by atoms with Crippen LogP contribution < -0.4 is 15.5 Å². The van der Waals surface area contributed by atoms with Gasteiger partial charge in [0.2, 0.25) is 5.91 Å². The van der Waals surface area contributed by atoms with Crippen molar-refractivity contribution < 1.29 is 9.32 Å². The Labute approximate surface area is 188 Å². The van der Waals surface area contributed by atoms with Crippen LogP contribution in [-0.2, 0) is 11.2 Å². The summed E-state index contributed by atoms with van der Waals surface area (Å²) in [5, 5.41) is 11.2. The maximum Gasteiger partial charge on any atom is 0.227 e. The van der Waals surface area contributed by atoms with E-state index in [9.17, 15) is 4.79 Å². The molecule has 170 valence electrons. The number of hydrogen-bond donors (Lipinski definition) is 2. The molecular formula is C24H32N6O2. The minimum Gasteiger partial charge on any atom is -0.361 e. The third-order valence-electron chi connectivity index (χ3n) is 7.60. The topological polar surface area (TPSA) is 86.5 Å². The molecule has 4 aliphatic rings. The van der Waals surface area contributed by atoms with E-state index in [1.165, 1.54) is 0 Å². The minimum absolute atomic E-state index is 0.00617. The molecule has 1 aliphatic carbocycles. The third-order valence-corrected chi connectivity index (χ3v) is 7.60. The van der Waals surface area contributed by atoms with Gasteiger partial charge < -0.3 is 25.0 Å². The maximum absolute atomic E-state index is 13.2. The fourth-order valence-electron chi connectivity index (χ4n) is 5.68. The third kappa shape index (κ3) is 3.45. The van der Waals surface area contributed by atoms with Crippen molar-refractivity contribution in [3.8, 4) is 0 Å². The number of nitrogens with zero attached hydrogens (tertiary/aromatic N) is 4. The van der Waals surface area contributed by atoms with Gasteiger partial charge in [-0.3, -0.25) is 4.79 Å². The predicted octanol–water partition coefficient (Wildman–Crippen LogP) is 3.04. The summed E-state index contributed by atoms with van der Waals surface area (Å²) in [6.07, 6.45) is 6.22. The fraction of sp³-hybridized carbons (Fsp3) is 0.625. The lowest BCUT2D eigenvalue weighted by atomic mass is 9.87. The monoisotopic (exact) mass is 436 g/mol. The highest BCUT2D eigenvalue weighted by Gasteiger charge is 2.47. The quantitative estimate of drug-likeness (QED) is 0.745. The Kier molecular flexibility index (Phi) is 5.05. The van der Waals surface area contributed by atoms with Crippen LogP contribution in [0.1, 0.15) is 68.1 Å². The zero-order valence-electron chi connectivity index (χ0n) is 18.7. The summed E-state index contributed by atoms with van der Waals surface area (Å²) in [6.45, 7) is 5.61. The molecule has 0 bridgehead atoms. The average molecular weight is 437 g/mol. The van der Waals surface area contributed by atoms with Crippen LogP contribution in [0, 0.1) is 5.92 Å². The van der Waals surface area contributed by atoms with E-state index < -0.39 is 0 Å². The first kappa shape index (κ1) is 20.0. The number of pyridine rings is 1. The second-order valence-corrected chi connectivity index (χ2v) is 9.61. The molecule has 2 aromatic rings. The molecule has 1 saturated carbocycles. The number of carbonyl (C=O) groups is 1. The highest BCUT2D eigenvalue weighted by Crippen LogP contribution is 2.49. The smallest absolute Gasteiger partial charge is 0.227 e. The first-order chi connectivity index (χ1) is 15.7. The van der Waals surface area contributed by atoms with Crippen LogP contribution in [-0.4, -0.2) is 53.3 Å². The highest BCUT2D eigenvalue weighted by molar-refractivity contribution is 5.80. The Bertz CT molecular complexity index is 1000. The van der Waals surface area contributed by atoms with Gasteiger partial charge in [-0.2, -0.15) is 0 Å². The van der Waals surface area contributed by atoms with E-state index >= 15 is 0 Å². The maximum atomic E-state index is 13.2. The molecule has 6 rings (SSSR count). The zero-order valence-corrected chi connectivity index (χ0v) is 18.7. The van der Waals surface area contributed by atoms with E-state index in [1.54, 1.807) is 0 Å². The first-order valence-corrected chi connectivity index (χ1v) is 12.2. The Hall–Kier alpha value is -2.61. The lowest BCUT2D eigenvalue weighted by molar-refractivity contribution is -0.136. The van der Waals surface area contributed by atoms with Crippen LogP contribution in [0.2, 0.25) is 0 Å². The number of piperidine rings is 1. The normalized spacial score (nSPS) is 29.2. The van der Waals surface area contributed by atoms with Crippen LogP contribution in [0.3, 0.4) is 0 Å². The number of aryl methyl sites for hydroxylation is 1. The van der Waals surface area contributed by atoms with Gasteiger partial charge in [0.15, 0.2) is 5.82 Å². The second-order valence-electron chi connectivity index (χ2n) is 9.61. The minimum atomic E-state index is -0.0167. The van der Waals surface area contributed by atoms with Gasteiger partial charge >= 0.3 is 0 Å². The molecule has 8 nitrogen and oxygen atoms in total. The first-order valence-electron chi connectivity index (χ1n) is 12.2. The van der Waals surface area contributed by atoms with Crippen molar-refractivity contribution in [1.82, 2.24) is 20.4 Å². The molecule has 0 radical (unpaired) electrons. The van der Waals surface area contributed by atoms with Crippen molar-refractivity contribution in [2.45, 2.75) is 63.5 Å². The highest BCUT2D eigenvalue weighted by atomic mass is 16.5. The van der Waals surface area contributed by atoms with E-state index in [0.717, 1.165) is 93.5 Å². The molecule has 1 amide bonds. The molecule has 8 heteroatoms. The Balaban J connectivity index is 1.19. The van der Waals surface area contributed by atoms with Gasteiger partial charge in [-0.05, 0) is 57.2 Å². The fourth-order valence-corrected chi connectivity index (χ4v) is 5.68. The van der Waals surface area contributed by atoms with Gasteiger partial charge in [-0.15, -0.1) is 0 Å². The van der Waals surface area contributed by atoms with Crippen LogP contribution in [0.15, 0.2) is 22.7 Å². The molecule has 2 N–H and O–H groups in total. The van der Waals surface area contributed by atoms with Crippen molar-refractivity contribution in [2.24, 2.45) is 5.92 Å². The standard InChI is InChI=1S/C24H32N6O2/c1-2-15-12-21(32-28-15)17-13-20(17)30-14-26-23-19(30)8-7-18(27-23)22-16(6-5-9-25-22)24(31)29-10-3-4-11-29/h7-8,12,16-17,20,22,25H,2-6,9-11,13-14H2,1H3,(H,26,27)/t16?,17?,20?,22-/m1/s1. The van der Waals surface area contributed by atoms with E-state index in [-0.39, 0.29) is 12.0 Å². The van der Waals surface area contributed by atoms with Crippen molar-refractivity contribution >= 4 is 17.4 Å². The number of amides is 1. The summed E-state index contributed by atoms with van der Waals surface area (Å²) >= 11 is 0. The van der Waals surface area contributed by atoms with E-state index in [2.05, 4.69) is 50.7 Å². The molecule has 2 saturated heterocycles. The lowest BCUT2D eigenvalue weighted by Gasteiger charge is -2.34.